The molecule has 0 aliphatic heterocycles. The zero-order valence-electron chi connectivity index (χ0n) is 13.0. The SMILES string of the molecule is CCC(Cc1ccccc1)NCCc1ccc(OC)cc1. The van der Waals surface area contributed by atoms with Crippen LogP contribution in [0.2, 0.25) is 0 Å². The van der Waals surface area contributed by atoms with Crippen molar-refractivity contribution in [1.82, 2.24) is 5.32 Å². The van der Waals surface area contributed by atoms with Crippen LogP contribution >= 0.6 is 0 Å². The van der Waals surface area contributed by atoms with E-state index in [1.165, 1.54) is 11.1 Å². The topological polar surface area (TPSA) is 21.3 Å². The summed E-state index contributed by atoms with van der Waals surface area (Å²) in [5.41, 5.74) is 2.75. The third-order valence-corrected chi connectivity index (χ3v) is 3.82. The van der Waals surface area contributed by atoms with E-state index in [9.17, 15) is 0 Å². The van der Waals surface area contributed by atoms with E-state index < -0.39 is 0 Å². The lowest BCUT2D eigenvalue weighted by atomic mass is 10.0. The highest BCUT2D eigenvalue weighted by Gasteiger charge is 2.06. The van der Waals surface area contributed by atoms with E-state index in [0.717, 1.165) is 31.6 Å². The fourth-order valence-corrected chi connectivity index (χ4v) is 2.47. The van der Waals surface area contributed by atoms with E-state index in [2.05, 4.69) is 54.7 Å². The number of hydrogen-bond acceptors (Lipinski definition) is 2. The first-order valence-corrected chi connectivity index (χ1v) is 7.72. The average Bonchev–Trinajstić information content (AvgIpc) is 2.55. The number of ether oxygens (including phenoxy) is 1. The number of rotatable bonds is 8. The van der Waals surface area contributed by atoms with Crippen LogP contribution in [0.4, 0.5) is 0 Å². The van der Waals surface area contributed by atoms with Gasteiger partial charge < -0.3 is 10.1 Å². The first-order chi connectivity index (χ1) is 10.3. The minimum atomic E-state index is 0.547. The Bertz CT molecular complexity index is 507. The number of nitrogens with one attached hydrogen (secondary N) is 1. The van der Waals surface area contributed by atoms with Gasteiger partial charge in [-0.3, -0.25) is 0 Å². The van der Waals surface area contributed by atoms with Crippen LogP contribution in [0.5, 0.6) is 5.75 Å². The lowest BCUT2D eigenvalue weighted by Gasteiger charge is -2.17. The third-order valence-electron chi connectivity index (χ3n) is 3.82. The summed E-state index contributed by atoms with van der Waals surface area (Å²) in [6.45, 7) is 3.26. The number of benzene rings is 2. The van der Waals surface area contributed by atoms with Gasteiger partial charge >= 0.3 is 0 Å². The first-order valence-electron chi connectivity index (χ1n) is 7.72. The maximum atomic E-state index is 5.18. The van der Waals surface area contributed by atoms with Gasteiger partial charge in [-0.2, -0.15) is 0 Å². The standard InChI is InChI=1S/C19H25NO/c1-3-18(15-17-7-5-4-6-8-17)20-14-13-16-9-11-19(21-2)12-10-16/h4-12,18,20H,3,13-15H2,1-2H3. The van der Waals surface area contributed by atoms with E-state index in [1.54, 1.807) is 7.11 Å². The lowest BCUT2D eigenvalue weighted by molar-refractivity contribution is 0.414. The molecule has 0 fully saturated rings. The molecule has 0 amide bonds. The van der Waals surface area contributed by atoms with Crippen LogP contribution in [0.25, 0.3) is 0 Å². The zero-order valence-corrected chi connectivity index (χ0v) is 13.0. The molecule has 2 heteroatoms. The van der Waals surface area contributed by atoms with Crippen molar-refractivity contribution in [1.29, 1.82) is 0 Å². The molecule has 0 saturated heterocycles. The van der Waals surface area contributed by atoms with Crippen LogP contribution in [0.15, 0.2) is 54.6 Å². The Morgan fingerprint density at radius 3 is 2.29 bits per heavy atom. The quantitative estimate of drug-likeness (QED) is 0.794. The monoisotopic (exact) mass is 283 g/mol. The fourth-order valence-electron chi connectivity index (χ4n) is 2.47. The van der Waals surface area contributed by atoms with E-state index in [1.807, 2.05) is 12.1 Å². The minimum absolute atomic E-state index is 0.547. The van der Waals surface area contributed by atoms with Crippen molar-refractivity contribution in [3.05, 3.63) is 65.7 Å². The van der Waals surface area contributed by atoms with Crippen LogP contribution in [0.1, 0.15) is 24.5 Å². The summed E-state index contributed by atoms with van der Waals surface area (Å²) in [7, 11) is 1.70. The molecule has 2 aromatic carbocycles. The molecule has 0 radical (unpaired) electrons. The molecule has 2 aromatic rings. The molecule has 21 heavy (non-hydrogen) atoms. The lowest BCUT2D eigenvalue weighted by Crippen LogP contribution is -2.32. The molecule has 1 unspecified atom stereocenters. The summed E-state index contributed by atoms with van der Waals surface area (Å²) in [4.78, 5) is 0. The van der Waals surface area contributed by atoms with Gasteiger partial charge in [-0.05, 0) is 49.1 Å². The molecular weight excluding hydrogens is 258 g/mol. The van der Waals surface area contributed by atoms with Gasteiger partial charge in [0, 0.05) is 6.04 Å². The summed E-state index contributed by atoms with van der Waals surface area (Å²) in [6, 6.07) is 19.6. The zero-order chi connectivity index (χ0) is 14.9. The summed E-state index contributed by atoms with van der Waals surface area (Å²) < 4.78 is 5.18. The predicted molar refractivity (Wildman–Crippen MR) is 88.9 cm³/mol. The van der Waals surface area contributed by atoms with Crippen LogP contribution in [0, 0.1) is 0 Å². The first kappa shape index (κ1) is 15.6. The van der Waals surface area contributed by atoms with Crippen LogP contribution in [-0.4, -0.2) is 19.7 Å². The minimum Gasteiger partial charge on any atom is -0.497 e. The number of hydrogen-bond donors (Lipinski definition) is 1. The summed E-state index contributed by atoms with van der Waals surface area (Å²) in [5.74, 6) is 0.919. The summed E-state index contributed by atoms with van der Waals surface area (Å²) >= 11 is 0. The van der Waals surface area contributed by atoms with Gasteiger partial charge in [0.05, 0.1) is 7.11 Å². The molecule has 112 valence electrons. The van der Waals surface area contributed by atoms with E-state index >= 15 is 0 Å². The molecule has 0 heterocycles. The largest absolute Gasteiger partial charge is 0.497 e. The van der Waals surface area contributed by atoms with Gasteiger partial charge in [0.25, 0.3) is 0 Å². The van der Waals surface area contributed by atoms with Gasteiger partial charge in [0.2, 0.25) is 0 Å². The molecule has 0 aliphatic carbocycles. The highest BCUT2D eigenvalue weighted by molar-refractivity contribution is 5.27. The molecule has 1 atom stereocenters. The molecular formula is C19H25NO. The summed E-state index contributed by atoms with van der Waals surface area (Å²) in [5, 5.41) is 3.66. The smallest absolute Gasteiger partial charge is 0.118 e. The van der Waals surface area contributed by atoms with E-state index in [0.29, 0.717) is 6.04 Å². The maximum Gasteiger partial charge on any atom is 0.118 e. The molecule has 0 aliphatic rings. The third kappa shape index (κ3) is 5.24. The van der Waals surface area contributed by atoms with Crippen LogP contribution < -0.4 is 10.1 Å². The van der Waals surface area contributed by atoms with Gasteiger partial charge in [-0.1, -0.05) is 49.4 Å². The second kappa shape index (κ2) is 8.48. The molecule has 2 rings (SSSR count). The highest BCUT2D eigenvalue weighted by atomic mass is 16.5. The summed E-state index contributed by atoms with van der Waals surface area (Å²) in [6.07, 6.45) is 3.30. The Balaban J connectivity index is 1.77. The predicted octanol–water partition coefficient (Wildman–Crippen LogP) is 3.85. The second-order valence-corrected chi connectivity index (χ2v) is 5.35. The Hall–Kier alpha value is -1.80. The highest BCUT2D eigenvalue weighted by Crippen LogP contribution is 2.11. The Morgan fingerprint density at radius 1 is 0.952 bits per heavy atom. The Kier molecular flexibility index (Phi) is 6.29. The van der Waals surface area contributed by atoms with Crippen molar-refractivity contribution < 1.29 is 4.74 Å². The van der Waals surface area contributed by atoms with Crippen molar-refractivity contribution >= 4 is 0 Å². The van der Waals surface area contributed by atoms with Crippen LogP contribution in [0.3, 0.4) is 0 Å². The van der Waals surface area contributed by atoms with Crippen molar-refractivity contribution in [2.45, 2.75) is 32.2 Å². The molecule has 0 aromatic heterocycles. The van der Waals surface area contributed by atoms with Crippen molar-refractivity contribution in [2.75, 3.05) is 13.7 Å². The molecule has 0 saturated carbocycles. The molecule has 2 nitrogen and oxygen atoms in total. The number of methoxy groups -OCH3 is 1. The van der Waals surface area contributed by atoms with E-state index in [-0.39, 0.29) is 0 Å². The van der Waals surface area contributed by atoms with E-state index in [4.69, 9.17) is 4.74 Å². The van der Waals surface area contributed by atoms with Crippen molar-refractivity contribution in [3.63, 3.8) is 0 Å². The fraction of sp³-hybridized carbons (Fsp3) is 0.368. The Morgan fingerprint density at radius 2 is 1.67 bits per heavy atom. The van der Waals surface area contributed by atoms with Gasteiger partial charge in [0.15, 0.2) is 0 Å². The molecule has 1 N–H and O–H groups in total. The maximum absolute atomic E-state index is 5.18. The normalized spacial score (nSPS) is 12.1. The average molecular weight is 283 g/mol. The molecule has 0 spiro atoms. The van der Waals surface area contributed by atoms with Crippen molar-refractivity contribution in [3.8, 4) is 5.75 Å². The van der Waals surface area contributed by atoms with Crippen molar-refractivity contribution in [2.24, 2.45) is 0 Å². The Labute approximate surface area is 128 Å². The van der Waals surface area contributed by atoms with Gasteiger partial charge in [-0.25, -0.2) is 0 Å². The molecule has 0 bridgehead atoms. The van der Waals surface area contributed by atoms with Crippen LogP contribution in [-0.2, 0) is 12.8 Å². The van der Waals surface area contributed by atoms with Gasteiger partial charge in [0.1, 0.15) is 5.75 Å². The van der Waals surface area contributed by atoms with Gasteiger partial charge in [-0.15, -0.1) is 0 Å². The second-order valence-electron chi connectivity index (χ2n) is 5.35.